The molecule has 0 atom stereocenters. The molecule has 0 unspecified atom stereocenters. The first-order valence-electron chi connectivity index (χ1n) is 10.1. The van der Waals surface area contributed by atoms with Crippen molar-refractivity contribution in [1.29, 1.82) is 0 Å². The number of anilines is 1. The van der Waals surface area contributed by atoms with Crippen molar-refractivity contribution in [1.82, 2.24) is 10.3 Å². The summed E-state index contributed by atoms with van der Waals surface area (Å²) in [6, 6.07) is 13.9. The Balaban J connectivity index is 1.82. The van der Waals surface area contributed by atoms with E-state index in [1.807, 2.05) is 6.92 Å². The summed E-state index contributed by atoms with van der Waals surface area (Å²) >= 11 is 0. The molecular weight excluding hydrogens is 446 g/mol. The van der Waals surface area contributed by atoms with Gasteiger partial charge in [-0.3, -0.25) is 9.52 Å². The Bertz CT molecular complexity index is 1230. The van der Waals surface area contributed by atoms with Crippen molar-refractivity contribution < 1.29 is 27.4 Å². The number of ether oxygens (including phenoxy) is 3. The van der Waals surface area contributed by atoms with Gasteiger partial charge in [0.1, 0.15) is 11.3 Å². The molecule has 0 radical (unpaired) electrons. The van der Waals surface area contributed by atoms with Gasteiger partial charge in [0.25, 0.3) is 15.9 Å². The SMILES string of the molecule is CCCNC(=O)c1cccnc1Oc1cccc(NS(=O)(=O)c2ccc(OC)c(OC)c2)c1. The van der Waals surface area contributed by atoms with Gasteiger partial charge in [0, 0.05) is 24.9 Å². The van der Waals surface area contributed by atoms with Crippen molar-refractivity contribution in [3.8, 4) is 23.1 Å². The molecule has 0 aliphatic carbocycles. The van der Waals surface area contributed by atoms with Crippen molar-refractivity contribution in [3.05, 3.63) is 66.4 Å². The highest BCUT2D eigenvalue weighted by Gasteiger charge is 2.18. The van der Waals surface area contributed by atoms with Gasteiger partial charge in [-0.1, -0.05) is 13.0 Å². The molecule has 0 bridgehead atoms. The Hall–Kier alpha value is -3.79. The maximum atomic E-state index is 12.9. The second-order valence-electron chi connectivity index (χ2n) is 6.86. The number of amides is 1. The first-order chi connectivity index (χ1) is 15.9. The van der Waals surface area contributed by atoms with E-state index in [2.05, 4.69) is 15.0 Å². The number of benzene rings is 2. The molecule has 0 saturated heterocycles. The fraction of sp³-hybridized carbons (Fsp3) is 0.217. The van der Waals surface area contributed by atoms with E-state index in [-0.39, 0.29) is 27.9 Å². The molecule has 1 amide bonds. The van der Waals surface area contributed by atoms with E-state index in [0.29, 0.717) is 23.8 Å². The summed E-state index contributed by atoms with van der Waals surface area (Å²) in [5.74, 6) is 0.837. The number of carbonyl (C=O) groups excluding carboxylic acids is 1. The molecule has 10 heteroatoms. The number of hydrogen-bond acceptors (Lipinski definition) is 7. The van der Waals surface area contributed by atoms with Crippen LogP contribution in [0.2, 0.25) is 0 Å². The highest BCUT2D eigenvalue weighted by atomic mass is 32.2. The average molecular weight is 472 g/mol. The lowest BCUT2D eigenvalue weighted by molar-refractivity contribution is 0.0950. The van der Waals surface area contributed by atoms with Crippen LogP contribution in [0.3, 0.4) is 0 Å². The van der Waals surface area contributed by atoms with Crippen LogP contribution in [0.5, 0.6) is 23.1 Å². The smallest absolute Gasteiger partial charge is 0.262 e. The average Bonchev–Trinajstić information content (AvgIpc) is 2.82. The van der Waals surface area contributed by atoms with Crippen molar-refractivity contribution in [2.75, 3.05) is 25.5 Å². The van der Waals surface area contributed by atoms with Crippen LogP contribution in [0, 0.1) is 0 Å². The van der Waals surface area contributed by atoms with Crippen LogP contribution in [-0.4, -0.2) is 40.1 Å². The van der Waals surface area contributed by atoms with Gasteiger partial charge in [-0.05, 0) is 42.8 Å². The minimum absolute atomic E-state index is 0.00563. The Morgan fingerprint density at radius 1 is 1.00 bits per heavy atom. The highest BCUT2D eigenvalue weighted by molar-refractivity contribution is 7.92. The zero-order valence-electron chi connectivity index (χ0n) is 18.5. The quantitative estimate of drug-likeness (QED) is 0.462. The van der Waals surface area contributed by atoms with Gasteiger partial charge >= 0.3 is 0 Å². The second kappa shape index (κ2) is 10.7. The van der Waals surface area contributed by atoms with Gasteiger partial charge in [0.2, 0.25) is 5.88 Å². The Morgan fingerprint density at radius 3 is 2.52 bits per heavy atom. The van der Waals surface area contributed by atoms with E-state index in [0.717, 1.165) is 6.42 Å². The number of pyridine rings is 1. The fourth-order valence-electron chi connectivity index (χ4n) is 2.91. The monoisotopic (exact) mass is 471 g/mol. The number of hydrogen-bond donors (Lipinski definition) is 2. The van der Waals surface area contributed by atoms with Crippen LogP contribution in [-0.2, 0) is 10.0 Å². The summed E-state index contributed by atoms with van der Waals surface area (Å²) in [6.07, 6.45) is 2.31. The van der Waals surface area contributed by atoms with Gasteiger partial charge in [0.05, 0.1) is 24.8 Å². The third-order valence-electron chi connectivity index (χ3n) is 4.52. The van der Waals surface area contributed by atoms with Gasteiger partial charge < -0.3 is 19.5 Å². The molecule has 0 saturated carbocycles. The molecule has 2 N–H and O–H groups in total. The van der Waals surface area contributed by atoms with E-state index in [1.54, 1.807) is 30.3 Å². The lowest BCUT2D eigenvalue weighted by atomic mass is 10.2. The van der Waals surface area contributed by atoms with Crippen molar-refractivity contribution >= 4 is 21.6 Å². The number of methoxy groups -OCH3 is 2. The Labute approximate surface area is 192 Å². The molecule has 0 aliphatic heterocycles. The molecule has 3 aromatic rings. The molecule has 3 rings (SSSR count). The minimum atomic E-state index is -3.91. The number of nitrogens with one attached hydrogen (secondary N) is 2. The van der Waals surface area contributed by atoms with Crippen molar-refractivity contribution in [3.63, 3.8) is 0 Å². The maximum Gasteiger partial charge on any atom is 0.262 e. The van der Waals surface area contributed by atoms with E-state index < -0.39 is 10.0 Å². The van der Waals surface area contributed by atoms with Gasteiger partial charge in [-0.15, -0.1) is 0 Å². The van der Waals surface area contributed by atoms with E-state index in [4.69, 9.17) is 14.2 Å². The van der Waals surface area contributed by atoms with Crippen LogP contribution in [0.4, 0.5) is 5.69 Å². The first-order valence-corrected chi connectivity index (χ1v) is 11.6. The Kier molecular flexibility index (Phi) is 7.73. The number of sulfonamides is 1. The standard InChI is InChI=1S/C23H25N3O6S/c1-4-12-24-22(27)19-9-6-13-25-23(19)32-17-8-5-7-16(14-17)26-33(28,29)18-10-11-20(30-2)21(15-18)31-3/h5-11,13-15,26H,4,12H2,1-3H3,(H,24,27). The largest absolute Gasteiger partial charge is 0.493 e. The topological polar surface area (TPSA) is 116 Å². The van der Waals surface area contributed by atoms with Crippen LogP contribution in [0.1, 0.15) is 23.7 Å². The molecule has 1 aromatic heterocycles. The summed E-state index contributed by atoms with van der Waals surface area (Å²) in [4.78, 5) is 16.5. The zero-order chi connectivity index (χ0) is 23.8. The maximum absolute atomic E-state index is 12.9. The molecule has 33 heavy (non-hydrogen) atoms. The number of rotatable bonds is 10. The normalized spacial score (nSPS) is 10.9. The van der Waals surface area contributed by atoms with E-state index in [1.165, 1.54) is 44.7 Å². The van der Waals surface area contributed by atoms with Crippen LogP contribution in [0.25, 0.3) is 0 Å². The fourth-order valence-corrected chi connectivity index (χ4v) is 3.98. The van der Waals surface area contributed by atoms with Crippen LogP contribution < -0.4 is 24.2 Å². The summed E-state index contributed by atoms with van der Waals surface area (Å²) in [5, 5.41) is 2.78. The third-order valence-corrected chi connectivity index (χ3v) is 5.90. The van der Waals surface area contributed by atoms with Gasteiger partial charge in [-0.2, -0.15) is 0 Å². The van der Waals surface area contributed by atoms with Gasteiger partial charge in [-0.25, -0.2) is 13.4 Å². The van der Waals surface area contributed by atoms with Gasteiger partial charge in [0.15, 0.2) is 11.5 Å². The first kappa shape index (κ1) is 23.9. The molecule has 0 fully saturated rings. The summed E-state index contributed by atoms with van der Waals surface area (Å²) in [7, 11) is -1.02. The predicted octanol–water partition coefficient (Wildman–Crippen LogP) is 3.83. The Morgan fingerprint density at radius 2 is 1.79 bits per heavy atom. The second-order valence-corrected chi connectivity index (χ2v) is 8.55. The summed E-state index contributed by atoms with van der Waals surface area (Å²) in [6.45, 7) is 2.48. The van der Waals surface area contributed by atoms with Crippen molar-refractivity contribution in [2.24, 2.45) is 0 Å². The number of nitrogens with zero attached hydrogens (tertiary/aromatic N) is 1. The molecule has 1 heterocycles. The third kappa shape index (κ3) is 5.92. The van der Waals surface area contributed by atoms with Crippen molar-refractivity contribution in [2.45, 2.75) is 18.2 Å². The molecule has 9 nitrogen and oxygen atoms in total. The molecule has 0 aliphatic rings. The molecule has 174 valence electrons. The van der Waals surface area contributed by atoms with E-state index >= 15 is 0 Å². The number of carbonyl (C=O) groups is 1. The van der Waals surface area contributed by atoms with Crippen LogP contribution in [0.15, 0.2) is 65.7 Å². The predicted molar refractivity (Wildman–Crippen MR) is 124 cm³/mol. The van der Waals surface area contributed by atoms with E-state index in [9.17, 15) is 13.2 Å². The zero-order valence-corrected chi connectivity index (χ0v) is 19.3. The molecule has 0 spiro atoms. The summed E-state index contributed by atoms with van der Waals surface area (Å²) in [5.41, 5.74) is 0.553. The minimum Gasteiger partial charge on any atom is -0.493 e. The van der Waals surface area contributed by atoms with Crippen LogP contribution >= 0.6 is 0 Å². The number of aromatic nitrogens is 1. The summed E-state index contributed by atoms with van der Waals surface area (Å²) < 4.78 is 44.4. The highest BCUT2D eigenvalue weighted by Crippen LogP contribution is 2.31. The molecular formula is C23H25N3O6S. The molecule has 2 aromatic carbocycles. The lowest BCUT2D eigenvalue weighted by Crippen LogP contribution is -2.24. The lowest BCUT2D eigenvalue weighted by Gasteiger charge is -2.13.